The molecule has 1 amide bonds. The van der Waals surface area contributed by atoms with E-state index in [4.69, 9.17) is 4.74 Å². The van der Waals surface area contributed by atoms with Crippen LogP contribution >= 0.6 is 27.3 Å². The summed E-state index contributed by atoms with van der Waals surface area (Å²) in [5.74, 6) is -0.405. The van der Waals surface area contributed by atoms with Crippen molar-refractivity contribution >= 4 is 38.9 Å². The SMILES string of the molecule is O=C(NCc1ccc(N2CCOCC2)cc1C(F)(F)F)c1sccc1Br. The molecule has 0 aliphatic carbocycles. The van der Waals surface area contributed by atoms with Gasteiger partial charge in [0, 0.05) is 29.8 Å². The molecule has 1 fully saturated rings. The second-order valence-corrected chi connectivity index (χ2v) is 7.49. The van der Waals surface area contributed by atoms with Crippen molar-refractivity contribution in [3.05, 3.63) is 50.1 Å². The lowest BCUT2D eigenvalue weighted by molar-refractivity contribution is -0.138. The van der Waals surface area contributed by atoms with E-state index in [1.165, 1.54) is 17.4 Å². The zero-order valence-electron chi connectivity index (χ0n) is 13.6. The number of rotatable bonds is 4. The predicted molar refractivity (Wildman–Crippen MR) is 97.7 cm³/mol. The molecule has 0 atom stereocenters. The van der Waals surface area contributed by atoms with Gasteiger partial charge in [-0.1, -0.05) is 6.07 Å². The third-order valence-electron chi connectivity index (χ3n) is 4.04. The second-order valence-electron chi connectivity index (χ2n) is 5.72. The molecule has 9 heteroatoms. The van der Waals surface area contributed by atoms with Crippen molar-refractivity contribution in [2.45, 2.75) is 12.7 Å². The lowest BCUT2D eigenvalue weighted by atomic mass is 10.0. The summed E-state index contributed by atoms with van der Waals surface area (Å²) in [6.45, 7) is 1.91. The third kappa shape index (κ3) is 4.39. The maximum atomic E-state index is 13.5. The van der Waals surface area contributed by atoms with Gasteiger partial charge in [0.25, 0.3) is 5.91 Å². The highest BCUT2D eigenvalue weighted by Crippen LogP contribution is 2.35. The normalized spacial score (nSPS) is 15.2. The van der Waals surface area contributed by atoms with Crippen LogP contribution in [0.1, 0.15) is 20.8 Å². The van der Waals surface area contributed by atoms with E-state index in [1.54, 1.807) is 17.5 Å². The molecular formula is C17H16BrF3N2O2S. The fourth-order valence-electron chi connectivity index (χ4n) is 2.71. The fourth-order valence-corrected chi connectivity index (χ4v) is 4.18. The van der Waals surface area contributed by atoms with E-state index in [1.807, 2.05) is 4.90 Å². The average Bonchev–Trinajstić information content (AvgIpc) is 3.05. The molecule has 4 nitrogen and oxygen atoms in total. The minimum absolute atomic E-state index is 0.0375. The van der Waals surface area contributed by atoms with Crippen molar-refractivity contribution < 1.29 is 22.7 Å². The summed E-state index contributed by atoms with van der Waals surface area (Å²) < 4.78 is 46.4. The lowest BCUT2D eigenvalue weighted by Crippen LogP contribution is -2.36. The summed E-state index contributed by atoms with van der Waals surface area (Å²) >= 11 is 4.47. The molecule has 2 aromatic rings. The highest BCUT2D eigenvalue weighted by molar-refractivity contribution is 9.10. The molecule has 1 N–H and O–H groups in total. The Hall–Kier alpha value is -1.58. The number of morpholine rings is 1. The number of ether oxygens (including phenoxy) is 1. The quantitative estimate of drug-likeness (QED) is 0.757. The Morgan fingerprint density at radius 1 is 1.27 bits per heavy atom. The van der Waals surface area contributed by atoms with Crippen LogP contribution in [0.4, 0.5) is 18.9 Å². The average molecular weight is 449 g/mol. The molecular weight excluding hydrogens is 433 g/mol. The van der Waals surface area contributed by atoms with Gasteiger partial charge in [-0.2, -0.15) is 13.2 Å². The molecule has 140 valence electrons. The zero-order chi connectivity index (χ0) is 18.7. The highest BCUT2D eigenvalue weighted by Gasteiger charge is 2.34. The first-order valence-electron chi connectivity index (χ1n) is 7.90. The standard InChI is InChI=1S/C17H16BrF3N2O2S/c18-14-3-8-26-15(14)16(24)22-10-11-1-2-12(9-13(11)17(19,20)21)23-4-6-25-7-5-23/h1-3,8-9H,4-7,10H2,(H,22,24). The largest absolute Gasteiger partial charge is 0.416 e. The van der Waals surface area contributed by atoms with Crippen LogP contribution in [-0.4, -0.2) is 32.2 Å². The van der Waals surface area contributed by atoms with Crippen molar-refractivity contribution in [3.63, 3.8) is 0 Å². The van der Waals surface area contributed by atoms with E-state index in [2.05, 4.69) is 21.2 Å². The van der Waals surface area contributed by atoms with Crippen molar-refractivity contribution in [3.8, 4) is 0 Å². The van der Waals surface area contributed by atoms with Crippen LogP contribution in [0.2, 0.25) is 0 Å². The van der Waals surface area contributed by atoms with Crippen molar-refractivity contribution in [2.75, 3.05) is 31.2 Å². The van der Waals surface area contributed by atoms with Gasteiger partial charge in [0.2, 0.25) is 0 Å². The smallest absolute Gasteiger partial charge is 0.378 e. The first-order valence-corrected chi connectivity index (χ1v) is 9.57. The number of alkyl halides is 3. The minimum atomic E-state index is -4.49. The number of nitrogens with zero attached hydrogens (tertiary/aromatic N) is 1. The molecule has 0 radical (unpaired) electrons. The Labute approximate surface area is 161 Å². The molecule has 0 unspecified atom stereocenters. The number of hydrogen-bond acceptors (Lipinski definition) is 4. The van der Waals surface area contributed by atoms with Crippen molar-refractivity contribution in [1.82, 2.24) is 5.32 Å². The summed E-state index contributed by atoms with van der Waals surface area (Å²) in [5, 5.41) is 4.29. The highest BCUT2D eigenvalue weighted by atomic mass is 79.9. The van der Waals surface area contributed by atoms with Gasteiger partial charge in [-0.05, 0) is 45.1 Å². The molecule has 0 bridgehead atoms. The molecule has 1 saturated heterocycles. The second kappa shape index (κ2) is 7.98. The Morgan fingerprint density at radius 2 is 2.00 bits per heavy atom. The molecule has 1 aliphatic heterocycles. The van der Waals surface area contributed by atoms with Crippen LogP contribution in [-0.2, 0) is 17.5 Å². The first-order chi connectivity index (χ1) is 12.4. The van der Waals surface area contributed by atoms with Gasteiger partial charge in [-0.25, -0.2) is 0 Å². The number of carbonyl (C=O) groups excluding carboxylic acids is 1. The molecule has 2 heterocycles. The van der Waals surface area contributed by atoms with E-state index in [-0.39, 0.29) is 12.1 Å². The van der Waals surface area contributed by atoms with Crippen LogP contribution in [0.3, 0.4) is 0 Å². The van der Waals surface area contributed by atoms with Crippen LogP contribution in [0.15, 0.2) is 34.1 Å². The van der Waals surface area contributed by atoms with Gasteiger partial charge in [0.1, 0.15) is 4.88 Å². The number of hydrogen-bond donors (Lipinski definition) is 1. The fraction of sp³-hybridized carbons (Fsp3) is 0.353. The Morgan fingerprint density at radius 3 is 2.62 bits per heavy atom. The number of carbonyl (C=O) groups is 1. The summed E-state index contributed by atoms with van der Waals surface area (Å²) in [6.07, 6.45) is -4.49. The zero-order valence-corrected chi connectivity index (χ0v) is 16.0. The maximum absolute atomic E-state index is 13.5. The number of thiophene rings is 1. The molecule has 26 heavy (non-hydrogen) atoms. The van der Waals surface area contributed by atoms with Crippen LogP contribution in [0.5, 0.6) is 0 Å². The molecule has 0 spiro atoms. The van der Waals surface area contributed by atoms with Gasteiger partial charge < -0.3 is 15.0 Å². The number of halogens is 4. The van der Waals surface area contributed by atoms with Gasteiger partial charge in [-0.15, -0.1) is 11.3 Å². The molecule has 0 saturated carbocycles. The van der Waals surface area contributed by atoms with E-state index in [9.17, 15) is 18.0 Å². The number of amides is 1. The molecule has 1 aliphatic rings. The lowest BCUT2D eigenvalue weighted by Gasteiger charge is -2.29. The Balaban J connectivity index is 1.79. The summed E-state index contributed by atoms with van der Waals surface area (Å²) in [4.78, 5) is 14.4. The van der Waals surface area contributed by atoms with E-state index < -0.39 is 17.6 Å². The predicted octanol–water partition coefficient (Wildman–Crippen LogP) is 4.30. The van der Waals surface area contributed by atoms with Gasteiger partial charge >= 0.3 is 6.18 Å². The first kappa shape index (κ1) is 19.2. The number of nitrogens with one attached hydrogen (secondary N) is 1. The van der Waals surface area contributed by atoms with Crippen molar-refractivity contribution in [2.24, 2.45) is 0 Å². The topological polar surface area (TPSA) is 41.6 Å². The molecule has 1 aromatic heterocycles. The Kier molecular flexibility index (Phi) is 5.89. The summed E-state index contributed by atoms with van der Waals surface area (Å²) in [5.41, 5.74) is -0.181. The Bertz CT molecular complexity index is 789. The molecule has 3 rings (SSSR count). The van der Waals surface area contributed by atoms with E-state index >= 15 is 0 Å². The summed E-state index contributed by atoms with van der Waals surface area (Å²) in [6, 6.07) is 5.95. The number of benzene rings is 1. The summed E-state index contributed by atoms with van der Waals surface area (Å²) in [7, 11) is 0. The van der Waals surface area contributed by atoms with Crippen molar-refractivity contribution in [1.29, 1.82) is 0 Å². The van der Waals surface area contributed by atoms with Gasteiger partial charge in [-0.3, -0.25) is 4.79 Å². The molecule has 1 aromatic carbocycles. The van der Waals surface area contributed by atoms with Crippen LogP contribution in [0, 0.1) is 0 Å². The maximum Gasteiger partial charge on any atom is 0.416 e. The van der Waals surface area contributed by atoms with Crippen LogP contribution < -0.4 is 10.2 Å². The minimum Gasteiger partial charge on any atom is -0.378 e. The van der Waals surface area contributed by atoms with E-state index in [0.717, 1.165) is 6.07 Å². The third-order valence-corrected chi connectivity index (χ3v) is 5.87. The van der Waals surface area contributed by atoms with Gasteiger partial charge in [0.05, 0.1) is 18.8 Å². The van der Waals surface area contributed by atoms with E-state index in [0.29, 0.717) is 41.3 Å². The monoisotopic (exact) mass is 448 g/mol. The van der Waals surface area contributed by atoms with Gasteiger partial charge in [0.15, 0.2) is 0 Å². The number of anilines is 1. The van der Waals surface area contributed by atoms with Crippen LogP contribution in [0.25, 0.3) is 0 Å².